The zero-order valence-corrected chi connectivity index (χ0v) is 11.9. The SMILES string of the molecule is C[C@@H](NCc1ccc([N+](=O)[O-])s1)c1cccc(Cl)c1. The van der Waals surface area contributed by atoms with Crippen LogP contribution >= 0.6 is 22.9 Å². The molecule has 19 heavy (non-hydrogen) atoms. The van der Waals surface area contributed by atoms with E-state index < -0.39 is 0 Å². The van der Waals surface area contributed by atoms with E-state index in [9.17, 15) is 10.1 Å². The first-order chi connectivity index (χ1) is 9.06. The lowest BCUT2D eigenvalue weighted by Gasteiger charge is -2.13. The zero-order chi connectivity index (χ0) is 13.8. The highest BCUT2D eigenvalue weighted by Gasteiger charge is 2.11. The van der Waals surface area contributed by atoms with Crippen molar-refractivity contribution in [2.45, 2.75) is 19.5 Å². The van der Waals surface area contributed by atoms with E-state index in [-0.39, 0.29) is 16.0 Å². The van der Waals surface area contributed by atoms with E-state index in [2.05, 4.69) is 5.32 Å². The molecule has 0 aliphatic heterocycles. The highest BCUT2D eigenvalue weighted by molar-refractivity contribution is 7.15. The van der Waals surface area contributed by atoms with Crippen LogP contribution in [0, 0.1) is 10.1 Å². The molecule has 1 atom stereocenters. The summed E-state index contributed by atoms with van der Waals surface area (Å²) < 4.78 is 0. The number of rotatable bonds is 5. The number of hydrogen-bond acceptors (Lipinski definition) is 4. The Kier molecular flexibility index (Phi) is 4.52. The summed E-state index contributed by atoms with van der Waals surface area (Å²) >= 11 is 7.14. The van der Waals surface area contributed by atoms with Crippen LogP contribution in [0.15, 0.2) is 36.4 Å². The van der Waals surface area contributed by atoms with Gasteiger partial charge in [0.15, 0.2) is 0 Å². The van der Waals surface area contributed by atoms with Crippen LogP contribution in [-0.4, -0.2) is 4.92 Å². The van der Waals surface area contributed by atoms with Gasteiger partial charge in [0.25, 0.3) is 0 Å². The van der Waals surface area contributed by atoms with Crippen LogP contribution in [0.3, 0.4) is 0 Å². The maximum absolute atomic E-state index is 10.6. The van der Waals surface area contributed by atoms with Crippen LogP contribution < -0.4 is 5.32 Å². The quantitative estimate of drug-likeness (QED) is 0.666. The molecule has 2 aromatic rings. The van der Waals surface area contributed by atoms with E-state index in [0.29, 0.717) is 11.6 Å². The standard InChI is InChI=1S/C13H13ClN2O2S/c1-9(10-3-2-4-11(14)7-10)15-8-12-5-6-13(19-12)16(17)18/h2-7,9,15H,8H2,1H3/t9-/m1/s1. The average molecular weight is 297 g/mol. The lowest BCUT2D eigenvalue weighted by Crippen LogP contribution is -2.17. The average Bonchev–Trinajstić information content (AvgIpc) is 2.85. The molecule has 0 aliphatic carbocycles. The Morgan fingerprint density at radius 1 is 1.42 bits per heavy atom. The largest absolute Gasteiger partial charge is 0.324 e. The van der Waals surface area contributed by atoms with Crippen molar-refractivity contribution >= 4 is 27.9 Å². The van der Waals surface area contributed by atoms with E-state index in [1.165, 1.54) is 17.4 Å². The summed E-state index contributed by atoms with van der Waals surface area (Å²) in [5.74, 6) is 0. The van der Waals surface area contributed by atoms with Gasteiger partial charge < -0.3 is 5.32 Å². The van der Waals surface area contributed by atoms with Gasteiger partial charge >= 0.3 is 5.00 Å². The van der Waals surface area contributed by atoms with Gasteiger partial charge in [0, 0.05) is 28.6 Å². The molecule has 6 heteroatoms. The number of thiophene rings is 1. The van der Waals surface area contributed by atoms with Crippen molar-refractivity contribution in [3.63, 3.8) is 0 Å². The normalized spacial score (nSPS) is 12.3. The second-order valence-electron chi connectivity index (χ2n) is 4.15. The maximum Gasteiger partial charge on any atom is 0.324 e. The number of nitrogens with zero attached hydrogens (tertiary/aromatic N) is 1. The third-order valence-electron chi connectivity index (χ3n) is 2.76. The van der Waals surface area contributed by atoms with Crippen molar-refractivity contribution in [1.29, 1.82) is 0 Å². The van der Waals surface area contributed by atoms with E-state index in [0.717, 1.165) is 10.4 Å². The van der Waals surface area contributed by atoms with E-state index in [1.54, 1.807) is 6.07 Å². The minimum absolute atomic E-state index is 0.139. The summed E-state index contributed by atoms with van der Waals surface area (Å²) in [4.78, 5) is 11.2. The summed E-state index contributed by atoms with van der Waals surface area (Å²) in [6.07, 6.45) is 0. The van der Waals surface area contributed by atoms with Gasteiger partial charge in [-0.25, -0.2) is 0 Å². The van der Waals surface area contributed by atoms with Gasteiger partial charge in [0.1, 0.15) is 0 Å². The maximum atomic E-state index is 10.6. The molecule has 4 nitrogen and oxygen atoms in total. The first-order valence-corrected chi connectivity index (χ1v) is 6.97. The van der Waals surface area contributed by atoms with Crippen molar-refractivity contribution in [3.8, 4) is 0 Å². The minimum atomic E-state index is -0.367. The molecule has 0 fully saturated rings. The van der Waals surface area contributed by atoms with Gasteiger partial charge in [-0.2, -0.15) is 0 Å². The molecule has 0 unspecified atom stereocenters. The van der Waals surface area contributed by atoms with E-state index in [1.807, 2.05) is 31.2 Å². The number of benzene rings is 1. The summed E-state index contributed by atoms with van der Waals surface area (Å²) in [5.41, 5.74) is 1.10. The van der Waals surface area contributed by atoms with Gasteiger partial charge in [0.2, 0.25) is 0 Å². The second-order valence-corrected chi connectivity index (χ2v) is 5.74. The number of nitrogens with one attached hydrogen (secondary N) is 1. The van der Waals surface area contributed by atoms with Crippen LogP contribution in [0.2, 0.25) is 5.02 Å². The molecular formula is C13H13ClN2O2S. The fourth-order valence-electron chi connectivity index (χ4n) is 1.71. The highest BCUT2D eigenvalue weighted by Crippen LogP contribution is 2.24. The van der Waals surface area contributed by atoms with Crippen molar-refractivity contribution < 1.29 is 4.92 Å². The van der Waals surface area contributed by atoms with Gasteiger partial charge in [-0.3, -0.25) is 10.1 Å². The molecule has 100 valence electrons. The molecule has 0 aliphatic rings. The fraction of sp³-hybridized carbons (Fsp3) is 0.231. The molecule has 2 rings (SSSR count). The van der Waals surface area contributed by atoms with E-state index in [4.69, 9.17) is 11.6 Å². The molecule has 1 aromatic carbocycles. The Balaban J connectivity index is 1.96. The molecule has 0 bridgehead atoms. The van der Waals surface area contributed by atoms with Crippen LogP contribution in [0.25, 0.3) is 0 Å². The Morgan fingerprint density at radius 2 is 2.21 bits per heavy atom. The molecule has 1 heterocycles. The third-order valence-corrected chi connectivity index (χ3v) is 4.03. The number of halogens is 1. The Hall–Kier alpha value is -1.43. The van der Waals surface area contributed by atoms with Crippen LogP contribution in [0.5, 0.6) is 0 Å². The summed E-state index contributed by atoms with van der Waals surface area (Å²) in [7, 11) is 0. The Bertz CT molecular complexity index is 586. The fourth-order valence-corrected chi connectivity index (χ4v) is 2.68. The topological polar surface area (TPSA) is 55.2 Å². The first kappa shape index (κ1) is 14.0. The summed E-state index contributed by atoms with van der Waals surface area (Å²) in [6, 6.07) is 11.1. The molecular weight excluding hydrogens is 284 g/mol. The van der Waals surface area contributed by atoms with Crippen LogP contribution in [-0.2, 0) is 6.54 Å². The number of nitro groups is 1. The molecule has 0 spiro atoms. The van der Waals surface area contributed by atoms with Crippen molar-refractivity contribution in [3.05, 3.63) is 62.0 Å². The van der Waals surface area contributed by atoms with Crippen molar-refractivity contribution in [1.82, 2.24) is 5.32 Å². The molecule has 0 amide bonds. The predicted octanol–water partition coefficient (Wildman–Crippen LogP) is 4.16. The van der Waals surface area contributed by atoms with E-state index >= 15 is 0 Å². The zero-order valence-electron chi connectivity index (χ0n) is 10.3. The van der Waals surface area contributed by atoms with Crippen LogP contribution in [0.1, 0.15) is 23.4 Å². The molecule has 0 saturated carbocycles. The van der Waals surface area contributed by atoms with Crippen LogP contribution in [0.4, 0.5) is 5.00 Å². The number of hydrogen-bond donors (Lipinski definition) is 1. The molecule has 0 radical (unpaired) electrons. The monoisotopic (exact) mass is 296 g/mol. The smallest absolute Gasteiger partial charge is 0.305 e. The lowest BCUT2D eigenvalue weighted by molar-refractivity contribution is -0.380. The second kappa shape index (κ2) is 6.14. The van der Waals surface area contributed by atoms with Gasteiger partial charge in [-0.1, -0.05) is 35.1 Å². The Morgan fingerprint density at radius 3 is 2.84 bits per heavy atom. The summed E-state index contributed by atoms with van der Waals surface area (Å²) in [6.45, 7) is 2.64. The van der Waals surface area contributed by atoms with Gasteiger partial charge in [-0.15, -0.1) is 0 Å². The van der Waals surface area contributed by atoms with Gasteiger partial charge in [0.05, 0.1) is 4.92 Å². The third kappa shape index (κ3) is 3.76. The first-order valence-electron chi connectivity index (χ1n) is 5.78. The highest BCUT2D eigenvalue weighted by atomic mass is 35.5. The lowest BCUT2D eigenvalue weighted by atomic mass is 10.1. The van der Waals surface area contributed by atoms with Crippen molar-refractivity contribution in [2.24, 2.45) is 0 Å². The molecule has 1 N–H and O–H groups in total. The minimum Gasteiger partial charge on any atom is -0.305 e. The molecule has 0 saturated heterocycles. The van der Waals surface area contributed by atoms with Gasteiger partial charge in [-0.05, 0) is 30.7 Å². The Labute approximate surface area is 120 Å². The van der Waals surface area contributed by atoms with Crippen molar-refractivity contribution in [2.75, 3.05) is 0 Å². The summed E-state index contributed by atoms with van der Waals surface area (Å²) in [5, 5.41) is 14.8. The predicted molar refractivity (Wildman–Crippen MR) is 77.7 cm³/mol. The molecule has 1 aromatic heterocycles.